The first-order valence-corrected chi connectivity index (χ1v) is 5.85. The zero-order valence-corrected chi connectivity index (χ0v) is 10.7. The minimum Gasteiger partial charge on any atom is -0.385 e. The van der Waals surface area contributed by atoms with Gasteiger partial charge in [-0.2, -0.15) is 0 Å². The van der Waals surface area contributed by atoms with Crippen LogP contribution in [-0.2, 0) is 11.3 Å². The second-order valence-corrected chi connectivity index (χ2v) is 4.42. The highest BCUT2D eigenvalue weighted by Gasteiger charge is 2.10. The van der Waals surface area contributed by atoms with Gasteiger partial charge in [0.25, 0.3) is 0 Å². The Morgan fingerprint density at radius 2 is 2.12 bits per heavy atom. The van der Waals surface area contributed by atoms with E-state index in [9.17, 15) is 0 Å². The summed E-state index contributed by atoms with van der Waals surface area (Å²) < 4.78 is 7.13. The minimum atomic E-state index is 0.588. The molecule has 17 heavy (non-hydrogen) atoms. The van der Waals surface area contributed by atoms with E-state index < -0.39 is 0 Å². The lowest BCUT2D eigenvalue weighted by molar-refractivity contribution is 0.191. The number of aryl methyl sites for hydroxylation is 3. The number of nitrogens with two attached hydrogens (primary N) is 1. The van der Waals surface area contributed by atoms with Crippen LogP contribution in [0.4, 0.5) is 5.95 Å². The van der Waals surface area contributed by atoms with E-state index >= 15 is 0 Å². The molecule has 0 unspecified atom stereocenters. The predicted molar refractivity (Wildman–Crippen MR) is 70.1 cm³/mol. The molecular weight excluding hydrogens is 214 g/mol. The molecule has 0 radical (unpaired) electrons. The lowest BCUT2D eigenvalue weighted by Gasteiger charge is -2.06. The van der Waals surface area contributed by atoms with Crippen molar-refractivity contribution in [3.63, 3.8) is 0 Å². The molecule has 0 saturated carbocycles. The number of methoxy groups -OCH3 is 1. The van der Waals surface area contributed by atoms with Gasteiger partial charge in [-0.05, 0) is 37.5 Å². The number of hydrogen-bond acceptors (Lipinski definition) is 3. The van der Waals surface area contributed by atoms with Crippen molar-refractivity contribution in [3.8, 4) is 0 Å². The molecule has 0 aliphatic carbocycles. The summed E-state index contributed by atoms with van der Waals surface area (Å²) in [5.41, 5.74) is 10.5. The van der Waals surface area contributed by atoms with E-state index in [1.807, 2.05) is 0 Å². The van der Waals surface area contributed by atoms with Crippen LogP contribution in [0, 0.1) is 13.8 Å². The average Bonchev–Trinajstić information content (AvgIpc) is 2.57. The molecule has 0 spiro atoms. The van der Waals surface area contributed by atoms with Crippen LogP contribution in [0.5, 0.6) is 0 Å². The van der Waals surface area contributed by atoms with Crippen molar-refractivity contribution >= 4 is 17.0 Å². The summed E-state index contributed by atoms with van der Waals surface area (Å²) in [5.74, 6) is 0.588. The van der Waals surface area contributed by atoms with Crippen molar-refractivity contribution in [2.24, 2.45) is 0 Å². The highest BCUT2D eigenvalue weighted by Crippen LogP contribution is 2.23. The summed E-state index contributed by atoms with van der Waals surface area (Å²) in [7, 11) is 1.71. The number of ether oxygens (including phenoxy) is 1. The van der Waals surface area contributed by atoms with Crippen LogP contribution in [0.3, 0.4) is 0 Å². The standard InChI is InChI=1S/C13H19N3O/c1-9-7-10(2)12-11(8-9)16(13(14)15-12)5-4-6-17-3/h7-8H,4-6H2,1-3H3,(H2,14,15). The molecule has 2 N–H and O–H groups in total. The number of nitrogen functional groups attached to an aromatic ring is 1. The Bertz CT molecular complexity index is 531. The number of benzene rings is 1. The predicted octanol–water partition coefficient (Wildman–Crippen LogP) is 2.27. The van der Waals surface area contributed by atoms with Crippen LogP contribution in [0.2, 0.25) is 0 Å². The number of hydrogen-bond donors (Lipinski definition) is 1. The van der Waals surface area contributed by atoms with Crippen LogP contribution in [0.25, 0.3) is 11.0 Å². The number of imidazole rings is 1. The smallest absolute Gasteiger partial charge is 0.201 e. The first kappa shape index (κ1) is 11.9. The third-order valence-electron chi connectivity index (χ3n) is 2.95. The van der Waals surface area contributed by atoms with Gasteiger partial charge in [-0.3, -0.25) is 0 Å². The lowest BCUT2D eigenvalue weighted by Crippen LogP contribution is -2.05. The summed E-state index contributed by atoms with van der Waals surface area (Å²) in [6.45, 7) is 5.75. The summed E-state index contributed by atoms with van der Waals surface area (Å²) >= 11 is 0. The van der Waals surface area contributed by atoms with E-state index in [2.05, 4.69) is 35.5 Å². The Hall–Kier alpha value is -1.55. The summed E-state index contributed by atoms with van der Waals surface area (Å²) in [4.78, 5) is 4.43. The van der Waals surface area contributed by atoms with Gasteiger partial charge < -0.3 is 15.0 Å². The summed E-state index contributed by atoms with van der Waals surface area (Å²) in [5, 5.41) is 0. The fourth-order valence-corrected chi connectivity index (χ4v) is 2.19. The van der Waals surface area contributed by atoms with Crippen LogP contribution in [0.1, 0.15) is 17.5 Å². The van der Waals surface area contributed by atoms with E-state index in [-0.39, 0.29) is 0 Å². The number of aromatic nitrogens is 2. The maximum atomic E-state index is 5.97. The highest BCUT2D eigenvalue weighted by molar-refractivity contribution is 5.82. The Labute approximate surface area is 101 Å². The van der Waals surface area contributed by atoms with E-state index in [0.717, 1.165) is 30.6 Å². The Balaban J connectivity index is 2.43. The quantitative estimate of drug-likeness (QED) is 0.824. The first-order valence-electron chi connectivity index (χ1n) is 5.85. The molecule has 0 bridgehead atoms. The zero-order valence-electron chi connectivity index (χ0n) is 10.7. The molecule has 0 atom stereocenters. The first-order chi connectivity index (χ1) is 8.13. The van der Waals surface area contributed by atoms with Gasteiger partial charge in [0.15, 0.2) is 0 Å². The second-order valence-electron chi connectivity index (χ2n) is 4.42. The van der Waals surface area contributed by atoms with Crippen molar-refractivity contribution in [2.75, 3.05) is 19.5 Å². The van der Waals surface area contributed by atoms with Gasteiger partial charge in [0, 0.05) is 20.3 Å². The van der Waals surface area contributed by atoms with Gasteiger partial charge in [-0.1, -0.05) is 6.07 Å². The van der Waals surface area contributed by atoms with Crippen LogP contribution >= 0.6 is 0 Å². The van der Waals surface area contributed by atoms with Crippen molar-refractivity contribution < 1.29 is 4.74 Å². The van der Waals surface area contributed by atoms with Crippen LogP contribution in [-0.4, -0.2) is 23.3 Å². The minimum absolute atomic E-state index is 0.588. The number of anilines is 1. The maximum Gasteiger partial charge on any atom is 0.201 e. The third-order valence-corrected chi connectivity index (χ3v) is 2.95. The monoisotopic (exact) mass is 233 g/mol. The Morgan fingerprint density at radius 1 is 1.35 bits per heavy atom. The molecule has 0 amide bonds. The maximum absolute atomic E-state index is 5.97. The van der Waals surface area contributed by atoms with Gasteiger partial charge in [0.1, 0.15) is 0 Å². The number of fused-ring (bicyclic) bond motifs is 1. The molecule has 1 aromatic carbocycles. The van der Waals surface area contributed by atoms with Crippen molar-refractivity contribution in [1.29, 1.82) is 0 Å². The van der Waals surface area contributed by atoms with E-state index in [1.165, 1.54) is 11.1 Å². The van der Waals surface area contributed by atoms with Gasteiger partial charge in [-0.25, -0.2) is 4.98 Å². The van der Waals surface area contributed by atoms with Gasteiger partial charge >= 0.3 is 0 Å². The van der Waals surface area contributed by atoms with Gasteiger partial charge in [0.05, 0.1) is 11.0 Å². The van der Waals surface area contributed by atoms with Crippen molar-refractivity contribution in [3.05, 3.63) is 23.3 Å². The molecule has 2 rings (SSSR count). The summed E-state index contributed by atoms with van der Waals surface area (Å²) in [6.07, 6.45) is 0.944. The topological polar surface area (TPSA) is 53.1 Å². The molecule has 0 aliphatic rings. The normalized spacial score (nSPS) is 11.2. The second kappa shape index (κ2) is 4.75. The Morgan fingerprint density at radius 3 is 2.82 bits per heavy atom. The summed E-state index contributed by atoms with van der Waals surface area (Å²) in [6, 6.07) is 4.27. The van der Waals surface area contributed by atoms with E-state index in [1.54, 1.807) is 7.11 Å². The average molecular weight is 233 g/mol. The highest BCUT2D eigenvalue weighted by atomic mass is 16.5. The van der Waals surface area contributed by atoms with Gasteiger partial charge in [0.2, 0.25) is 5.95 Å². The third kappa shape index (κ3) is 2.26. The molecule has 4 nitrogen and oxygen atoms in total. The number of rotatable bonds is 4. The molecule has 0 aliphatic heterocycles. The molecule has 1 aromatic heterocycles. The van der Waals surface area contributed by atoms with E-state index in [0.29, 0.717) is 5.95 Å². The SMILES string of the molecule is COCCCn1c(N)nc2c(C)cc(C)cc21. The van der Waals surface area contributed by atoms with E-state index in [4.69, 9.17) is 10.5 Å². The fourth-order valence-electron chi connectivity index (χ4n) is 2.19. The van der Waals surface area contributed by atoms with Crippen LogP contribution < -0.4 is 5.73 Å². The molecular formula is C13H19N3O. The molecule has 0 saturated heterocycles. The molecule has 1 heterocycles. The molecule has 2 aromatic rings. The zero-order chi connectivity index (χ0) is 12.4. The van der Waals surface area contributed by atoms with Crippen molar-refractivity contribution in [1.82, 2.24) is 9.55 Å². The largest absolute Gasteiger partial charge is 0.385 e. The Kier molecular flexibility index (Phi) is 3.33. The molecule has 92 valence electrons. The number of nitrogens with zero attached hydrogens (tertiary/aromatic N) is 2. The molecule has 4 heteroatoms. The van der Waals surface area contributed by atoms with Crippen molar-refractivity contribution in [2.45, 2.75) is 26.8 Å². The molecule has 0 fully saturated rings. The van der Waals surface area contributed by atoms with Crippen LogP contribution in [0.15, 0.2) is 12.1 Å². The van der Waals surface area contributed by atoms with Gasteiger partial charge in [-0.15, -0.1) is 0 Å². The lowest BCUT2D eigenvalue weighted by atomic mass is 10.1. The fraction of sp³-hybridized carbons (Fsp3) is 0.462.